The van der Waals surface area contributed by atoms with E-state index in [0.717, 1.165) is 17.4 Å². The van der Waals surface area contributed by atoms with Crippen LogP contribution in [0.2, 0.25) is 0 Å². The fourth-order valence-corrected chi connectivity index (χ4v) is 2.69. The summed E-state index contributed by atoms with van der Waals surface area (Å²) in [6, 6.07) is 8.83. The van der Waals surface area contributed by atoms with Crippen molar-refractivity contribution < 1.29 is 18.7 Å². The molecule has 0 unspecified atom stereocenters. The van der Waals surface area contributed by atoms with E-state index in [1.165, 1.54) is 19.1 Å². The second-order valence-electron chi connectivity index (χ2n) is 4.97. The average molecular weight is 345 g/mol. The number of hydrogen-bond acceptors (Lipinski definition) is 5. The first kappa shape index (κ1) is 16.0. The lowest BCUT2D eigenvalue weighted by Crippen LogP contribution is -2.20. The number of nitrogens with zero attached hydrogens (tertiary/aromatic N) is 2. The number of hydrogen-bond donors (Lipinski definition) is 1. The summed E-state index contributed by atoms with van der Waals surface area (Å²) >= 11 is 1.06. The third-order valence-electron chi connectivity index (χ3n) is 3.24. The molecule has 2 aromatic rings. The molecule has 0 saturated heterocycles. The van der Waals surface area contributed by atoms with Crippen LogP contribution in [0.15, 0.2) is 45.1 Å². The Morgan fingerprint density at radius 2 is 2.08 bits per heavy atom. The zero-order chi connectivity index (χ0) is 17.1. The normalized spacial score (nSPS) is 11.6. The van der Waals surface area contributed by atoms with Gasteiger partial charge in [-0.15, -0.1) is 0 Å². The first-order chi connectivity index (χ1) is 11.5. The Morgan fingerprint density at radius 1 is 1.25 bits per heavy atom. The van der Waals surface area contributed by atoms with Gasteiger partial charge < -0.3 is 10.1 Å². The van der Waals surface area contributed by atoms with E-state index in [-0.39, 0.29) is 23.7 Å². The van der Waals surface area contributed by atoms with E-state index in [4.69, 9.17) is 4.74 Å². The van der Waals surface area contributed by atoms with E-state index in [9.17, 15) is 14.0 Å². The summed E-state index contributed by atoms with van der Waals surface area (Å²) in [6.07, 6.45) is 0. The molecule has 6 nitrogen and oxygen atoms in total. The number of anilines is 1. The zero-order valence-electron chi connectivity index (χ0n) is 12.6. The van der Waals surface area contributed by atoms with Crippen LogP contribution in [0, 0.1) is 5.82 Å². The van der Waals surface area contributed by atoms with Gasteiger partial charge in [0.1, 0.15) is 22.9 Å². The maximum atomic E-state index is 13.2. The number of halogens is 1. The van der Waals surface area contributed by atoms with Crippen LogP contribution in [0.1, 0.15) is 17.3 Å². The first-order valence-corrected chi connectivity index (χ1v) is 7.72. The van der Waals surface area contributed by atoms with Gasteiger partial charge in [-0.1, -0.05) is 6.07 Å². The fraction of sp³-hybridized carbons (Fsp3) is 0.125. The van der Waals surface area contributed by atoms with Crippen molar-refractivity contribution in [2.24, 2.45) is 8.73 Å². The summed E-state index contributed by atoms with van der Waals surface area (Å²) in [7, 11) is 0. The summed E-state index contributed by atoms with van der Waals surface area (Å²) in [5.41, 5.74) is 1.91. The van der Waals surface area contributed by atoms with Gasteiger partial charge in [0.2, 0.25) is 0 Å². The molecule has 8 heteroatoms. The molecular weight excluding hydrogens is 333 g/mol. The lowest BCUT2D eigenvalue weighted by Gasteiger charge is -2.11. The monoisotopic (exact) mass is 345 g/mol. The molecule has 0 bridgehead atoms. The molecule has 2 aromatic carbocycles. The van der Waals surface area contributed by atoms with Gasteiger partial charge in [-0.2, -0.15) is 8.73 Å². The van der Waals surface area contributed by atoms with Gasteiger partial charge in [0.25, 0.3) is 5.91 Å². The van der Waals surface area contributed by atoms with Gasteiger partial charge in [-0.05, 0) is 37.3 Å². The Balaban J connectivity index is 1.68. The quantitative estimate of drug-likeness (QED) is 0.715. The lowest BCUT2D eigenvalue weighted by atomic mass is 10.1. The number of carbonyl (C=O) groups is 2. The molecule has 122 valence electrons. The van der Waals surface area contributed by atoms with E-state index in [1.807, 2.05) is 0 Å². The largest absolute Gasteiger partial charge is 0.483 e. The second-order valence-corrected chi connectivity index (χ2v) is 5.50. The molecule has 1 aliphatic rings. The molecule has 24 heavy (non-hydrogen) atoms. The molecule has 0 atom stereocenters. The molecular formula is C16H12FN3O3S. The van der Waals surface area contributed by atoms with E-state index in [1.54, 1.807) is 18.2 Å². The van der Waals surface area contributed by atoms with Crippen molar-refractivity contribution in [3.8, 4) is 5.75 Å². The third-order valence-corrected chi connectivity index (χ3v) is 3.78. The molecule has 0 fully saturated rings. The van der Waals surface area contributed by atoms with Crippen LogP contribution in [0.3, 0.4) is 0 Å². The minimum atomic E-state index is -0.542. The van der Waals surface area contributed by atoms with E-state index >= 15 is 0 Å². The molecule has 1 heterocycles. The van der Waals surface area contributed by atoms with Crippen LogP contribution in [0.5, 0.6) is 5.75 Å². The van der Waals surface area contributed by atoms with Crippen molar-refractivity contribution in [3.63, 3.8) is 0 Å². The molecule has 3 rings (SSSR count). The van der Waals surface area contributed by atoms with Gasteiger partial charge in [-0.25, -0.2) is 4.39 Å². The van der Waals surface area contributed by atoms with Gasteiger partial charge in [0.15, 0.2) is 12.4 Å². The van der Waals surface area contributed by atoms with Crippen molar-refractivity contribution in [2.45, 2.75) is 6.92 Å². The van der Waals surface area contributed by atoms with Gasteiger partial charge in [-0.3, -0.25) is 9.59 Å². The lowest BCUT2D eigenvalue weighted by molar-refractivity contribution is -0.118. The Morgan fingerprint density at radius 3 is 2.88 bits per heavy atom. The Labute approximate surface area is 140 Å². The summed E-state index contributed by atoms with van der Waals surface area (Å²) in [6.45, 7) is 0.984. The maximum absolute atomic E-state index is 13.2. The smallest absolute Gasteiger partial charge is 0.262 e. The standard InChI is InChI=1S/C16H12FN3O3S/c1-9(21)11-7-10(17)5-6-14(11)23-8-15(22)18-12-3-2-4-13-16(12)20-24-19-13/h2-7H,8H2,1H3,(H,18,22). The van der Waals surface area contributed by atoms with E-state index < -0.39 is 11.7 Å². The SMILES string of the molecule is CC(=O)c1cc(F)ccc1OCC(=O)Nc1cccc2c1N=S=N2. The second kappa shape index (κ2) is 6.71. The Bertz CT molecular complexity index is 907. The van der Waals surface area contributed by atoms with Gasteiger partial charge in [0.05, 0.1) is 22.6 Å². The molecule has 1 amide bonds. The number of ketones is 1. The molecule has 0 aliphatic carbocycles. The third kappa shape index (κ3) is 3.38. The number of carbonyl (C=O) groups excluding carboxylic acids is 2. The Kier molecular flexibility index (Phi) is 4.48. The van der Waals surface area contributed by atoms with E-state index in [2.05, 4.69) is 14.0 Å². The Hall–Kier alpha value is -2.87. The molecule has 0 saturated carbocycles. The molecule has 0 spiro atoms. The van der Waals surface area contributed by atoms with Crippen LogP contribution >= 0.6 is 0 Å². The molecule has 1 aliphatic heterocycles. The number of benzene rings is 2. The first-order valence-electron chi connectivity index (χ1n) is 6.99. The highest BCUT2D eigenvalue weighted by molar-refractivity contribution is 7.58. The number of amides is 1. The molecule has 0 aromatic heterocycles. The van der Waals surface area contributed by atoms with Gasteiger partial charge >= 0.3 is 0 Å². The number of nitrogens with one attached hydrogen (secondary N) is 1. The predicted octanol–water partition coefficient (Wildman–Crippen LogP) is 3.77. The fourth-order valence-electron chi connectivity index (χ4n) is 2.14. The van der Waals surface area contributed by atoms with Crippen molar-refractivity contribution in [1.29, 1.82) is 0 Å². The highest BCUT2D eigenvalue weighted by atomic mass is 32.1. The minimum Gasteiger partial charge on any atom is -0.483 e. The minimum absolute atomic E-state index is 0.0913. The summed E-state index contributed by atoms with van der Waals surface area (Å²) in [4.78, 5) is 23.6. The summed E-state index contributed by atoms with van der Waals surface area (Å²) in [5.74, 6) is -1.15. The zero-order valence-corrected chi connectivity index (χ0v) is 13.4. The average Bonchev–Trinajstić information content (AvgIpc) is 3.03. The van der Waals surface area contributed by atoms with Crippen LogP contribution in [-0.4, -0.2) is 18.3 Å². The number of Topliss-reactive ketones (excluding diaryl/α,β-unsaturated/α-hetero) is 1. The topological polar surface area (TPSA) is 80.1 Å². The number of rotatable bonds is 5. The van der Waals surface area contributed by atoms with Crippen molar-refractivity contribution in [2.75, 3.05) is 11.9 Å². The highest BCUT2D eigenvalue weighted by Crippen LogP contribution is 2.38. The van der Waals surface area contributed by atoms with Crippen molar-refractivity contribution in [3.05, 3.63) is 47.8 Å². The van der Waals surface area contributed by atoms with Gasteiger partial charge in [0, 0.05) is 0 Å². The number of ether oxygens (including phenoxy) is 1. The van der Waals surface area contributed by atoms with Crippen molar-refractivity contribution >= 4 is 40.1 Å². The van der Waals surface area contributed by atoms with E-state index in [0.29, 0.717) is 17.1 Å². The molecule has 1 N–H and O–H groups in total. The van der Waals surface area contributed by atoms with Crippen LogP contribution in [-0.2, 0) is 16.1 Å². The van der Waals surface area contributed by atoms with Crippen LogP contribution < -0.4 is 10.1 Å². The van der Waals surface area contributed by atoms with Crippen LogP contribution in [0.4, 0.5) is 21.5 Å². The predicted molar refractivity (Wildman–Crippen MR) is 88.5 cm³/mol. The number of fused-ring (bicyclic) bond motifs is 1. The highest BCUT2D eigenvalue weighted by Gasteiger charge is 2.15. The van der Waals surface area contributed by atoms with Crippen LogP contribution in [0.25, 0.3) is 0 Å². The molecule has 0 radical (unpaired) electrons. The van der Waals surface area contributed by atoms with Crippen molar-refractivity contribution in [1.82, 2.24) is 0 Å². The summed E-state index contributed by atoms with van der Waals surface area (Å²) in [5, 5.41) is 2.68. The maximum Gasteiger partial charge on any atom is 0.262 e. The summed E-state index contributed by atoms with van der Waals surface area (Å²) < 4.78 is 26.8.